The van der Waals surface area contributed by atoms with Crippen LogP contribution in [0, 0.1) is 11.8 Å². The first kappa shape index (κ1) is 36.0. The number of hydrogen-bond donors (Lipinski definition) is 6. The number of carbonyl (C=O) groups is 3. The maximum Gasteiger partial charge on any atom is 0.408 e. The van der Waals surface area contributed by atoms with Crippen LogP contribution in [-0.2, 0) is 27.2 Å². The second kappa shape index (κ2) is 17.3. The van der Waals surface area contributed by atoms with Gasteiger partial charge in [0.25, 0.3) is 0 Å². The smallest absolute Gasteiger partial charge is 0.408 e. The number of amides is 3. The number of ether oxygens (including phenoxy) is 1. The van der Waals surface area contributed by atoms with Crippen molar-refractivity contribution in [3.63, 3.8) is 0 Å². The third-order valence-electron chi connectivity index (χ3n) is 8.06. The minimum Gasteiger partial charge on any atom is -0.444 e. The van der Waals surface area contributed by atoms with E-state index in [4.69, 9.17) is 4.74 Å². The first-order valence-electron chi connectivity index (χ1n) is 16.3. The van der Waals surface area contributed by atoms with Crippen molar-refractivity contribution in [2.24, 2.45) is 11.8 Å². The van der Waals surface area contributed by atoms with Crippen LogP contribution in [0.5, 0.6) is 0 Å². The third-order valence-corrected chi connectivity index (χ3v) is 8.06. The van der Waals surface area contributed by atoms with Gasteiger partial charge in [0, 0.05) is 24.7 Å². The molecule has 45 heavy (non-hydrogen) atoms. The monoisotopic (exact) mass is 627 g/mol. The molecule has 1 aliphatic rings. The van der Waals surface area contributed by atoms with Gasteiger partial charge in [-0.3, -0.25) is 9.59 Å². The Labute approximate surface area is 267 Å². The first-order valence-corrected chi connectivity index (χ1v) is 16.3. The molecule has 0 spiro atoms. The zero-order chi connectivity index (χ0) is 33.0. The highest BCUT2D eigenvalue weighted by Crippen LogP contribution is 2.29. The molecule has 1 heterocycles. The van der Waals surface area contributed by atoms with Gasteiger partial charge in [-0.15, -0.1) is 0 Å². The van der Waals surface area contributed by atoms with Crippen molar-refractivity contribution < 1.29 is 29.3 Å². The van der Waals surface area contributed by atoms with E-state index < -0.39 is 53.8 Å². The highest BCUT2D eigenvalue weighted by atomic mass is 16.6. The summed E-state index contributed by atoms with van der Waals surface area (Å²) in [5.74, 6) is -0.579. The van der Waals surface area contributed by atoms with Crippen LogP contribution in [0.15, 0.2) is 42.9 Å². The van der Waals surface area contributed by atoms with Crippen LogP contribution in [-0.4, -0.2) is 74.0 Å². The SMILES string of the molecule is CC(C)C[C@H](O)[C@@H](O)[C@H](CC1CCCCC1)NC(=O)[C@H](Cc1cnc[nH]1)NC(=O)[C@H](Cc1ccccc1)NC(=O)OC(C)(C)C. The standard InChI is InChI=1S/C34H53N5O6/c1-22(2)16-29(40)30(41)26(17-23-12-8-6-9-13-23)37-32(43)28(19-25-20-35-21-36-25)38-31(42)27(18-24-14-10-7-11-15-24)39-33(44)45-34(3,4)5/h7,10-11,14-15,20-23,26-30,40-41H,6,8-9,12-13,16-19H2,1-5H3,(H,35,36)(H,37,43)(H,38,42)(H,39,44)/t26-,27-,28-,29-,30-/m0/s1. The van der Waals surface area contributed by atoms with Crippen LogP contribution < -0.4 is 16.0 Å². The Balaban J connectivity index is 1.83. The lowest BCUT2D eigenvalue weighted by molar-refractivity contribution is -0.131. The number of hydrogen-bond acceptors (Lipinski definition) is 7. The molecule has 0 unspecified atom stereocenters. The van der Waals surface area contributed by atoms with Gasteiger partial charge in [0.1, 0.15) is 23.8 Å². The number of aliphatic hydroxyl groups is 2. The Bertz CT molecular complexity index is 1180. The lowest BCUT2D eigenvalue weighted by atomic mass is 9.82. The summed E-state index contributed by atoms with van der Waals surface area (Å²) in [5, 5.41) is 30.6. The molecule has 0 bridgehead atoms. The zero-order valence-electron chi connectivity index (χ0n) is 27.4. The van der Waals surface area contributed by atoms with E-state index in [0.29, 0.717) is 24.5 Å². The summed E-state index contributed by atoms with van der Waals surface area (Å²) >= 11 is 0. The maximum atomic E-state index is 13.9. The second-order valence-corrected chi connectivity index (χ2v) is 13.8. The fourth-order valence-corrected chi connectivity index (χ4v) is 5.85. The molecule has 1 aromatic heterocycles. The Morgan fingerprint density at radius 3 is 2.20 bits per heavy atom. The zero-order valence-corrected chi connectivity index (χ0v) is 27.4. The number of imidazole rings is 1. The average Bonchev–Trinajstić information content (AvgIpc) is 3.48. The number of carbonyl (C=O) groups excluding carboxylic acids is 3. The van der Waals surface area contributed by atoms with E-state index in [1.54, 1.807) is 27.0 Å². The van der Waals surface area contributed by atoms with Crippen molar-refractivity contribution in [2.45, 2.75) is 128 Å². The molecule has 1 saturated carbocycles. The summed E-state index contributed by atoms with van der Waals surface area (Å²) in [7, 11) is 0. The normalized spacial score (nSPS) is 17.5. The number of benzene rings is 1. The lowest BCUT2D eigenvalue weighted by Crippen LogP contribution is -2.58. The van der Waals surface area contributed by atoms with Gasteiger partial charge < -0.3 is 35.9 Å². The van der Waals surface area contributed by atoms with Gasteiger partial charge in [-0.05, 0) is 51.0 Å². The van der Waals surface area contributed by atoms with E-state index in [1.165, 1.54) is 12.7 Å². The number of aromatic amines is 1. The van der Waals surface area contributed by atoms with Crippen molar-refractivity contribution in [3.05, 3.63) is 54.1 Å². The summed E-state index contributed by atoms with van der Waals surface area (Å²) in [4.78, 5) is 47.5. The van der Waals surface area contributed by atoms with Crippen LogP contribution in [0.4, 0.5) is 4.79 Å². The maximum absolute atomic E-state index is 13.9. The van der Waals surface area contributed by atoms with E-state index in [0.717, 1.165) is 31.2 Å². The number of aromatic nitrogens is 2. The number of alkyl carbamates (subject to hydrolysis) is 1. The number of H-pyrrole nitrogens is 1. The Hall–Kier alpha value is -3.44. The van der Waals surface area contributed by atoms with Crippen molar-refractivity contribution in [2.75, 3.05) is 0 Å². The van der Waals surface area contributed by atoms with E-state index in [-0.39, 0.29) is 18.8 Å². The molecule has 2 aromatic rings. The van der Waals surface area contributed by atoms with Gasteiger partial charge in [0.2, 0.25) is 11.8 Å². The molecule has 11 heteroatoms. The van der Waals surface area contributed by atoms with E-state index >= 15 is 0 Å². The van der Waals surface area contributed by atoms with E-state index in [2.05, 4.69) is 25.9 Å². The topological polar surface area (TPSA) is 166 Å². The molecule has 1 aromatic carbocycles. The van der Waals surface area contributed by atoms with Gasteiger partial charge >= 0.3 is 6.09 Å². The molecule has 3 rings (SSSR count). The van der Waals surface area contributed by atoms with Crippen LogP contribution in [0.1, 0.15) is 90.8 Å². The van der Waals surface area contributed by atoms with Crippen LogP contribution in [0.25, 0.3) is 0 Å². The highest BCUT2D eigenvalue weighted by Gasteiger charge is 2.34. The highest BCUT2D eigenvalue weighted by molar-refractivity contribution is 5.91. The number of nitrogens with one attached hydrogen (secondary N) is 4. The van der Waals surface area contributed by atoms with Gasteiger partial charge in [-0.25, -0.2) is 9.78 Å². The van der Waals surface area contributed by atoms with Gasteiger partial charge in [0.05, 0.1) is 18.5 Å². The minimum absolute atomic E-state index is 0.100. The van der Waals surface area contributed by atoms with Gasteiger partial charge in [0.15, 0.2) is 0 Å². The Kier molecular flexibility index (Phi) is 13.9. The Morgan fingerprint density at radius 2 is 1.60 bits per heavy atom. The third kappa shape index (κ3) is 12.8. The van der Waals surface area contributed by atoms with Gasteiger partial charge in [-0.2, -0.15) is 0 Å². The minimum atomic E-state index is -1.17. The van der Waals surface area contributed by atoms with Crippen LogP contribution in [0.2, 0.25) is 0 Å². The number of rotatable bonds is 15. The second-order valence-electron chi connectivity index (χ2n) is 13.8. The quantitative estimate of drug-likeness (QED) is 0.175. The summed E-state index contributed by atoms with van der Waals surface area (Å²) in [6, 6.07) is 6.47. The molecule has 0 radical (unpaired) electrons. The van der Waals surface area contributed by atoms with Crippen molar-refractivity contribution in [1.29, 1.82) is 0 Å². The number of aliphatic hydroxyl groups excluding tert-OH is 2. The molecular weight excluding hydrogens is 574 g/mol. The molecule has 250 valence electrons. The van der Waals surface area contributed by atoms with Gasteiger partial charge in [-0.1, -0.05) is 76.3 Å². The van der Waals surface area contributed by atoms with Crippen molar-refractivity contribution >= 4 is 17.9 Å². The molecule has 0 saturated heterocycles. The molecule has 3 amide bonds. The van der Waals surface area contributed by atoms with Crippen LogP contribution in [0.3, 0.4) is 0 Å². The van der Waals surface area contributed by atoms with E-state index in [1.807, 2.05) is 44.2 Å². The summed E-state index contributed by atoms with van der Waals surface area (Å²) < 4.78 is 5.42. The lowest BCUT2D eigenvalue weighted by Gasteiger charge is -2.34. The molecule has 0 aliphatic heterocycles. The first-order chi connectivity index (χ1) is 21.3. The van der Waals surface area contributed by atoms with E-state index in [9.17, 15) is 24.6 Å². The van der Waals surface area contributed by atoms with Crippen molar-refractivity contribution in [3.8, 4) is 0 Å². The molecule has 5 atom stereocenters. The van der Waals surface area contributed by atoms with Crippen molar-refractivity contribution in [1.82, 2.24) is 25.9 Å². The largest absolute Gasteiger partial charge is 0.444 e. The fourth-order valence-electron chi connectivity index (χ4n) is 5.85. The molecule has 6 N–H and O–H groups in total. The predicted octanol–water partition coefficient (Wildman–Crippen LogP) is 3.80. The van der Waals surface area contributed by atoms with Crippen LogP contribution >= 0.6 is 0 Å². The Morgan fingerprint density at radius 1 is 0.956 bits per heavy atom. The predicted molar refractivity (Wildman–Crippen MR) is 172 cm³/mol. The molecule has 11 nitrogen and oxygen atoms in total. The molecule has 1 aliphatic carbocycles. The summed E-state index contributed by atoms with van der Waals surface area (Å²) in [5.41, 5.74) is 0.673. The fraction of sp³-hybridized carbons (Fsp3) is 0.647. The molecule has 1 fully saturated rings. The summed E-state index contributed by atoms with van der Waals surface area (Å²) in [6.07, 6.45) is 6.73. The number of nitrogens with zero attached hydrogens (tertiary/aromatic N) is 1. The summed E-state index contributed by atoms with van der Waals surface area (Å²) in [6.45, 7) is 9.15. The molecular formula is C34H53N5O6. The average molecular weight is 628 g/mol.